The van der Waals surface area contributed by atoms with Gasteiger partial charge in [0, 0.05) is 0 Å². The second-order valence-electron chi connectivity index (χ2n) is 0.415. The first-order chi connectivity index (χ1) is 2.27. The Balaban J connectivity index is -0.0000000800. The van der Waals surface area contributed by atoms with Crippen molar-refractivity contribution >= 4 is 7.32 Å². The predicted molar refractivity (Wildman–Crippen MR) is 13.5 cm³/mol. The molecule has 0 fully saturated rings. The van der Waals surface area contributed by atoms with Crippen LogP contribution in [0.1, 0.15) is 1.43 Å². The molecule has 6 heavy (non-hydrogen) atoms. The first kappa shape index (κ1) is 9.98. The van der Waals surface area contributed by atoms with Crippen molar-refractivity contribution in [1.82, 2.24) is 0 Å². The molecule has 0 aliphatic carbocycles. The van der Waals surface area contributed by atoms with Crippen LogP contribution in [0.5, 0.6) is 0 Å². The van der Waals surface area contributed by atoms with Crippen molar-refractivity contribution in [2.45, 2.75) is 0 Å². The normalized spacial score (nSPS) is 6.50. The van der Waals surface area contributed by atoms with Crippen LogP contribution in [0.3, 0.4) is 0 Å². The third kappa shape index (κ3) is 8.86. The van der Waals surface area contributed by atoms with E-state index in [0.29, 0.717) is 0 Å². The Hall–Kier alpha value is 0.875. The maximum Gasteiger partial charge on any atom is 1.00 e. The van der Waals surface area contributed by atoms with Gasteiger partial charge in [-0.15, -0.1) is 0 Å². The Kier molecular flexibility index (Phi) is 9.78. The van der Waals surface area contributed by atoms with Gasteiger partial charge in [0.2, 0.25) is 0 Å². The van der Waals surface area contributed by atoms with Gasteiger partial charge in [0.05, 0.1) is 0 Å². The smallest absolute Gasteiger partial charge is 1.00 e. The van der Waals surface area contributed by atoms with E-state index in [1.807, 2.05) is 0 Å². The number of rotatable bonds is 1. The van der Waals surface area contributed by atoms with Crippen molar-refractivity contribution in [3.8, 4) is 0 Å². The minimum Gasteiger partial charge on any atom is -1.00 e. The Bertz CT molecular complexity index is 28.9. The number of hydrogen-bond acceptors (Lipinski definition) is 3. The van der Waals surface area contributed by atoms with Crippen molar-refractivity contribution < 1.29 is 50.4 Å². The van der Waals surface area contributed by atoms with Crippen molar-refractivity contribution in [3.63, 3.8) is 0 Å². The van der Waals surface area contributed by atoms with Crippen LogP contribution >= 0.6 is 0 Å². The Morgan fingerprint density at radius 3 is 1.83 bits per heavy atom. The molecule has 32 valence electrons. The molecule has 0 aliphatic heterocycles. The van der Waals surface area contributed by atoms with E-state index >= 15 is 0 Å². The molecule has 0 aliphatic rings. The minimum atomic E-state index is -2.28. The summed E-state index contributed by atoms with van der Waals surface area (Å²) in [5.41, 5.74) is 0. The van der Waals surface area contributed by atoms with Crippen molar-refractivity contribution in [1.29, 1.82) is 0 Å². The van der Waals surface area contributed by atoms with Crippen LogP contribution in [0, 0.1) is 0 Å². The molecule has 0 amide bonds. The second-order valence-corrected chi connectivity index (χ2v) is 0.415. The minimum absolute atomic E-state index is 0. The van der Waals surface area contributed by atoms with E-state index in [9.17, 15) is 4.53 Å². The van der Waals surface area contributed by atoms with Crippen LogP contribution in [0.4, 0.5) is 4.53 Å². The maximum absolute atomic E-state index is 10.1. The van der Waals surface area contributed by atoms with E-state index in [1.54, 1.807) is 0 Å². The van der Waals surface area contributed by atoms with Crippen LogP contribution in [0.25, 0.3) is 0 Å². The molecule has 6 heteroatoms. The average molecular weight is 104 g/mol. The van der Waals surface area contributed by atoms with Crippen LogP contribution in [-0.2, 0) is 4.86 Å². The molecule has 0 aromatic carbocycles. The molecule has 0 spiro atoms. The monoisotopic (exact) mass is 104 g/mol. The Morgan fingerprint density at radius 2 is 1.83 bits per heavy atom. The molecular formula is H3BFNaO3. The summed E-state index contributed by atoms with van der Waals surface area (Å²) in [5, 5.41) is 14.6. The van der Waals surface area contributed by atoms with Crippen LogP contribution < -0.4 is 29.6 Å². The summed E-state index contributed by atoms with van der Waals surface area (Å²) < 4.78 is 10.1. The fraction of sp³-hybridized carbons (Fsp3) is 0. The van der Waals surface area contributed by atoms with Gasteiger partial charge >= 0.3 is 36.9 Å². The van der Waals surface area contributed by atoms with Crippen LogP contribution in [0.2, 0.25) is 0 Å². The Morgan fingerprint density at radius 1 is 1.67 bits per heavy atom. The quantitative estimate of drug-likeness (QED) is 0.333. The SMILES string of the molecule is OB(O)OF.[H-].[Na+]. The fourth-order valence-electron chi connectivity index (χ4n) is 0. The summed E-state index contributed by atoms with van der Waals surface area (Å²) in [6.07, 6.45) is 0. The zero-order chi connectivity index (χ0) is 4.28. The van der Waals surface area contributed by atoms with Crippen LogP contribution in [-0.4, -0.2) is 17.4 Å². The Labute approximate surface area is 58.0 Å². The summed E-state index contributed by atoms with van der Waals surface area (Å²) >= 11 is 0. The van der Waals surface area contributed by atoms with Gasteiger partial charge in [-0.2, -0.15) is 4.86 Å². The van der Waals surface area contributed by atoms with Crippen molar-refractivity contribution in [2.24, 2.45) is 0 Å². The summed E-state index contributed by atoms with van der Waals surface area (Å²) in [7, 11) is -2.28. The molecule has 0 bridgehead atoms. The molecule has 0 aromatic rings. The van der Waals surface area contributed by atoms with Crippen LogP contribution in [0.15, 0.2) is 0 Å². The molecule has 0 atom stereocenters. The first-order valence-corrected chi connectivity index (χ1v) is 0.906. The average Bonchev–Trinajstić information content (AvgIpc) is 1.38. The van der Waals surface area contributed by atoms with E-state index in [4.69, 9.17) is 10.0 Å². The van der Waals surface area contributed by atoms with E-state index in [-0.39, 0.29) is 31.0 Å². The molecular weight excluding hydrogens is 101 g/mol. The van der Waals surface area contributed by atoms with Gasteiger partial charge < -0.3 is 11.5 Å². The van der Waals surface area contributed by atoms with Crippen molar-refractivity contribution in [3.05, 3.63) is 0 Å². The molecule has 3 nitrogen and oxygen atoms in total. The largest absolute Gasteiger partial charge is 1.00 e. The molecule has 0 radical (unpaired) electrons. The molecule has 0 heterocycles. The second kappa shape index (κ2) is 5.87. The zero-order valence-electron chi connectivity index (χ0n) is 4.26. The van der Waals surface area contributed by atoms with Gasteiger partial charge in [-0.25, -0.2) is 0 Å². The number of halogens is 1. The van der Waals surface area contributed by atoms with Gasteiger partial charge in [0.1, 0.15) is 0 Å². The number of hydrogen-bond donors (Lipinski definition) is 2. The third-order valence-corrected chi connectivity index (χ3v) is 0.0797. The molecule has 0 unspecified atom stereocenters. The van der Waals surface area contributed by atoms with E-state index in [0.717, 1.165) is 0 Å². The van der Waals surface area contributed by atoms with Crippen molar-refractivity contribution in [2.75, 3.05) is 0 Å². The predicted octanol–water partition coefficient (Wildman–Crippen LogP) is -4.03. The summed E-state index contributed by atoms with van der Waals surface area (Å²) in [6, 6.07) is 0. The van der Waals surface area contributed by atoms with E-state index in [1.165, 1.54) is 0 Å². The fourth-order valence-corrected chi connectivity index (χ4v) is 0. The van der Waals surface area contributed by atoms with Gasteiger partial charge in [0.15, 0.2) is 0 Å². The first-order valence-electron chi connectivity index (χ1n) is 0.906. The van der Waals surface area contributed by atoms with Gasteiger partial charge in [-0.05, 0) is 0 Å². The van der Waals surface area contributed by atoms with E-state index in [2.05, 4.69) is 4.86 Å². The molecule has 2 N–H and O–H groups in total. The molecule has 0 rings (SSSR count). The van der Waals surface area contributed by atoms with Gasteiger partial charge in [0.25, 0.3) is 0 Å². The molecule has 0 aromatic heterocycles. The van der Waals surface area contributed by atoms with E-state index < -0.39 is 7.32 Å². The maximum atomic E-state index is 10.1. The van der Waals surface area contributed by atoms with Gasteiger partial charge in [-0.3, -0.25) is 0 Å². The topological polar surface area (TPSA) is 49.7 Å². The van der Waals surface area contributed by atoms with Gasteiger partial charge in [-0.1, -0.05) is 4.53 Å². The standard InChI is InChI=1S/BFH2O3.Na.H/c2-5-1(3)4;;/h3-4H;;/q;+1;-1. The molecule has 0 saturated carbocycles. The summed E-state index contributed by atoms with van der Waals surface area (Å²) in [5.74, 6) is 0. The summed E-state index contributed by atoms with van der Waals surface area (Å²) in [4.78, 5) is 2.36. The third-order valence-electron chi connectivity index (χ3n) is 0.0797. The zero-order valence-corrected chi connectivity index (χ0v) is 5.26. The molecule has 0 saturated heterocycles. The summed E-state index contributed by atoms with van der Waals surface area (Å²) in [6.45, 7) is 0.